The van der Waals surface area contributed by atoms with Crippen molar-refractivity contribution in [3.05, 3.63) is 16.6 Å². The SMILES string of the molecule is CCOC(C)C(O)Cc1cncs1. The average molecular weight is 201 g/mol. The van der Waals surface area contributed by atoms with Crippen molar-refractivity contribution < 1.29 is 9.84 Å². The van der Waals surface area contributed by atoms with Crippen LogP contribution in [0.25, 0.3) is 0 Å². The second-order valence-corrected chi connectivity index (χ2v) is 3.87. The molecule has 0 fully saturated rings. The van der Waals surface area contributed by atoms with Crippen LogP contribution in [0, 0.1) is 0 Å². The summed E-state index contributed by atoms with van der Waals surface area (Å²) in [6, 6.07) is 0. The normalized spacial score (nSPS) is 15.6. The van der Waals surface area contributed by atoms with Gasteiger partial charge in [0.05, 0.1) is 17.7 Å². The molecular formula is C9H15NO2S. The summed E-state index contributed by atoms with van der Waals surface area (Å²) in [6.07, 6.45) is 1.88. The van der Waals surface area contributed by atoms with Gasteiger partial charge in [-0.05, 0) is 13.8 Å². The first-order valence-corrected chi connectivity index (χ1v) is 5.29. The molecule has 0 saturated heterocycles. The smallest absolute Gasteiger partial charge is 0.0847 e. The highest BCUT2D eigenvalue weighted by Crippen LogP contribution is 2.11. The Morgan fingerprint density at radius 1 is 1.69 bits per heavy atom. The minimum Gasteiger partial charge on any atom is -0.390 e. The molecule has 0 saturated carbocycles. The molecule has 1 rings (SSSR count). The predicted octanol–water partition coefficient (Wildman–Crippen LogP) is 1.47. The predicted molar refractivity (Wildman–Crippen MR) is 52.9 cm³/mol. The van der Waals surface area contributed by atoms with Crippen LogP contribution in [0.5, 0.6) is 0 Å². The molecular weight excluding hydrogens is 186 g/mol. The van der Waals surface area contributed by atoms with E-state index in [-0.39, 0.29) is 6.10 Å². The third-order valence-corrected chi connectivity index (χ3v) is 2.67. The van der Waals surface area contributed by atoms with Crippen molar-refractivity contribution >= 4 is 11.3 Å². The van der Waals surface area contributed by atoms with Gasteiger partial charge in [0.1, 0.15) is 0 Å². The van der Waals surface area contributed by atoms with Crippen molar-refractivity contribution in [3.63, 3.8) is 0 Å². The highest BCUT2D eigenvalue weighted by molar-refractivity contribution is 7.09. The molecule has 0 radical (unpaired) electrons. The maximum absolute atomic E-state index is 9.67. The van der Waals surface area contributed by atoms with Crippen LogP contribution in [0.4, 0.5) is 0 Å². The topological polar surface area (TPSA) is 42.4 Å². The minimum atomic E-state index is -0.430. The Morgan fingerprint density at radius 2 is 2.46 bits per heavy atom. The molecule has 4 heteroatoms. The fourth-order valence-electron chi connectivity index (χ4n) is 1.09. The lowest BCUT2D eigenvalue weighted by Crippen LogP contribution is -2.27. The number of rotatable bonds is 5. The molecule has 1 N–H and O–H groups in total. The molecule has 0 aliphatic carbocycles. The van der Waals surface area contributed by atoms with Gasteiger partial charge in [-0.2, -0.15) is 0 Å². The zero-order valence-electron chi connectivity index (χ0n) is 7.93. The van der Waals surface area contributed by atoms with E-state index in [0.717, 1.165) is 4.88 Å². The molecule has 3 nitrogen and oxygen atoms in total. The van der Waals surface area contributed by atoms with E-state index in [1.165, 1.54) is 0 Å². The summed E-state index contributed by atoms with van der Waals surface area (Å²) in [5.41, 5.74) is 1.77. The van der Waals surface area contributed by atoms with Gasteiger partial charge >= 0.3 is 0 Å². The van der Waals surface area contributed by atoms with E-state index in [1.807, 2.05) is 13.8 Å². The highest BCUT2D eigenvalue weighted by atomic mass is 32.1. The first-order valence-electron chi connectivity index (χ1n) is 4.41. The fourth-order valence-corrected chi connectivity index (χ4v) is 1.73. The summed E-state index contributed by atoms with van der Waals surface area (Å²) in [7, 11) is 0. The van der Waals surface area contributed by atoms with Crippen LogP contribution >= 0.6 is 11.3 Å². The number of thiazole rings is 1. The molecule has 1 aromatic rings. The van der Waals surface area contributed by atoms with Crippen molar-refractivity contribution in [2.75, 3.05) is 6.61 Å². The lowest BCUT2D eigenvalue weighted by molar-refractivity contribution is -0.0205. The van der Waals surface area contributed by atoms with E-state index in [2.05, 4.69) is 4.98 Å². The molecule has 0 amide bonds. The monoisotopic (exact) mass is 201 g/mol. The average Bonchev–Trinajstić information content (AvgIpc) is 2.57. The van der Waals surface area contributed by atoms with E-state index in [4.69, 9.17) is 4.74 Å². The van der Waals surface area contributed by atoms with Crippen LogP contribution in [-0.4, -0.2) is 28.9 Å². The molecule has 2 unspecified atom stereocenters. The molecule has 1 aromatic heterocycles. The Kier molecular flexibility index (Phi) is 4.35. The summed E-state index contributed by atoms with van der Waals surface area (Å²) in [5, 5.41) is 9.67. The van der Waals surface area contributed by atoms with Gasteiger partial charge in [0.25, 0.3) is 0 Å². The summed E-state index contributed by atoms with van der Waals surface area (Å²) in [4.78, 5) is 5.04. The zero-order chi connectivity index (χ0) is 9.68. The standard InChI is InChI=1S/C9H15NO2S/c1-3-12-7(2)9(11)4-8-5-10-6-13-8/h5-7,9,11H,3-4H2,1-2H3. The molecule has 0 aliphatic heterocycles. The lowest BCUT2D eigenvalue weighted by Gasteiger charge is -2.17. The van der Waals surface area contributed by atoms with Crippen LogP contribution in [0.15, 0.2) is 11.7 Å². The number of hydrogen-bond donors (Lipinski definition) is 1. The Hall–Kier alpha value is -0.450. The number of aliphatic hydroxyl groups excluding tert-OH is 1. The first-order chi connectivity index (χ1) is 6.24. The minimum absolute atomic E-state index is 0.105. The molecule has 2 atom stereocenters. The number of nitrogens with zero attached hydrogens (tertiary/aromatic N) is 1. The quantitative estimate of drug-likeness (QED) is 0.784. The van der Waals surface area contributed by atoms with Crippen molar-refractivity contribution in [1.29, 1.82) is 0 Å². The van der Waals surface area contributed by atoms with Crippen molar-refractivity contribution in [3.8, 4) is 0 Å². The number of hydrogen-bond acceptors (Lipinski definition) is 4. The Morgan fingerprint density at radius 3 is 3.00 bits per heavy atom. The zero-order valence-corrected chi connectivity index (χ0v) is 8.75. The number of ether oxygens (including phenoxy) is 1. The van der Waals surface area contributed by atoms with Gasteiger partial charge in [0, 0.05) is 24.1 Å². The third kappa shape index (κ3) is 3.42. The van der Waals surface area contributed by atoms with Gasteiger partial charge in [-0.25, -0.2) is 0 Å². The molecule has 1 heterocycles. The summed E-state index contributed by atoms with van der Waals surface area (Å²) < 4.78 is 5.29. The largest absolute Gasteiger partial charge is 0.390 e. The highest BCUT2D eigenvalue weighted by Gasteiger charge is 2.15. The Labute approximate surface area is 82.4 Å². The van der Waals surface area contributed by atoms with Gasteiger partial charge in [0.15, 0.2) is 0 Å². The van der Waals surface area contributed by atoms with Crippen molar-refractivity contribution in [2.24, 2.45) is 0 Å². The third-order valence-electron chi connectivity index (χ3n) is 1.87. The van der Waals surface area contributed by atoms with Crippen LogP contribution in [-0.2, 0) is 11.2 Å². The number of aliphatic hydroxyl groups is 1. The van der Waals surface area contributed by atoms with Crippen molar-refractivity contribution in [2.45, 2.75) is 32.5 Å². The summed E-state index contributed by atoms with van der Waals surface area (Å²) in [6.45, 7) is 4.45. The lowest BCUT2D eigenvalue weighted by atomic mass is 10.1. The summed E-state index contributed by atoms with van der Waals surface area (Å²) >= 11 is 1.56. The number of aromatic nitrogens is 1. The van der Waals surface area contributed by atoms with Gasteiger partial charge in [-0.15, -0.1) is 11.3 Å². The van der Waals surface area contributed by atoms with Crippen LogP contribution in [0.1, 0.15) is 18.7 Å². The Balaban J connectivity index is 2.36. The molecule has 13 heavy (non-hydrogen) atoms. The second kappa shape index (κ2) is 5.32. The van der Waals surface area contributed by atoms with E-state index in [0.29, 0.717) is 13.0 Å². The molecule has 0 bridgehead atoms. The maximum atomic E-state index is 9.67. The van der Waals surface area contributed by atoms with Crippen LogP contribution < -0.4 is 0 Å². The second-order valence-electron chi connectivity index (χ2n) is 2.90. The summed E-state index contributed by atoms with van der Waals surface area (Å²) in [5.74, 6) is 0. The Bertz CT molecular complexity index is 226. The van der Waals surface area contributed by atoms with E-state index in [9.17, 15) is 5.11 Å². The maximum Gasteiger partial charge on any atom is 0.0847 e. The van der Waals surface area contributed by atoms with Gasteiger partial charge in [-0.3, -0.25) is 4.98 Å². The fraction of sp³-hybridized carbons (Fsp3) is 0.667. The molecule has 0 spiro atoms. The van der Waals surface area contributed by atoms with Crippen LogP contribution in [0.3, 0.4) is 0 Å². The molecule has 0 aliphatic rings. The van der Waals surface area contributed by atoms with E-state index in [1.54, 1.807) is 23.0 Å². The van der Waals surface area contributed by atoms with Crippen LogP contribution in [0.2, 0.25) is 0 Å². The molecule has 74 valence electrons. The van der Waals surface area contributed by atoms with E-state index >= 15 is 0 Å². The van der Waals surface area contributed by atoms with E-state index < -0.39 is 6.10 Å². The van der Waals surface area contributed by atoms with Gasteiger partial charge < -0.3 is 9.84 Å². The van der Waals surface area contributed by atoms with Gasteiger partial charge in [-0.1, -0.05) is 0 Å². The van der Waals surface area contributed by atoms with Crippen molar-refractivity contribution in [1.82, 2.24) is 4.98 Å². The first kappa shape index (κ1) is 10.6. The molecule has 0 aromatic carbocycles. The van der Waals surface area contributed by atoms with Gasteiger partial charge in [0.2, 0.25) is 0 Å².